The van der Waals surface area contributed by atoms with E-state index < -0.39 is 0 Å². The summed E-state index contributed by atoms with van der Waals surface area (Å²) in [7, 11) is 3.14. The number of carbonyl (C=O) groups is 2. The topological polar surface area (TPSA) is 55.4 Å². The molecule has 0 aromatic heterocycles. The van der Waals surface area contributed by atoms with E-state index in [0.717, 1.165) is 0 Å². The minimum absolute atomic E-state index is 0.0395. The van der Waals surface area contributed by atoms with Gasteiger partial charge in [0.2, 0.25) is 5.91 Å². The summed E-state index contributed by atoms with van der Waals surface area (Å²) < 4.78 is 4.88. The van der Waals surface area contributed by atoms with Gasteiger partial charge in [0.25, 0.3) is 0 Å². The first-order valence-corrected chi connectivity index (χ1v) is 4.31. The highest BCUT2D eigenvalue weighted by Gasteiger charge is 2.14. The van der Waals surface area contributed by atoms with Crippen molar-refractivity contribution in [3.63, 3.8) is 0 Å². The van der Waals surface area contributed by atoms with Gasteiger partial charge in [-0.25, -0.2) is 0 Å². The highest BCUT2D eigenvalue weighted by atomic mass is 16.5. The molecule has 0 aliphatic heterocycles. The Morgan fingerprint density at radius 2 is 2.08 bits per heavy atom. The van der Waals surface area contributed by atoms with Crippen molar-refractivity contribution in [1.29, 1.82) is 0 Å². The molecule has 0 saturated heterocycles. The van der Waals surface area contributed by atoms with E-state index in [0.29, 0.717) is 19.4 Å². The number of nitrogens with one attached hydrogen (secondary N) is 1. The van der Waals surface area contributed by atoms with Crippen LogP contribution in [0, 0.1) is 5.92 Å². The largest absolute Gasteiger partial charge is 0.384 e. The monoisotopic (exact) mass is 187 g/mol. The van der Waals surface area contributed by atoms with Crippen LogP contribution < -0.4 is 5.32 Å². The summed E-state index contributed by atoms with van der Waals surface area (Å²) in [5, 5.41) is 2.51. The molecule has 13 heavy (non-hydrogen) atoms. The van der Waals surface area contributed by atoms with E-state index >= 15 is 0 Å². The third-order valence-corrected chi connectivity index (χ3v) is 1.94. The SMILES string of the molecule is CNC(=O)CCC(COC)C(C)=O. The molecule has 1 atom stereocenters. The van der Waals surface area contributed by atoms with E-state index in [4.69, 9.17) is 4.74 Å². The van der Waals surface area contributed by atoms with Crippen molar-refractivity contribution >= 4 is 11.7 Å². The Morgan fingerprint density at radius 1 is 1.46 bits per heavy atom. The quantitative estimate of drug-likeness (QED) is 0.653. The van der Waals surface area contributed by atoms with Crippen molar-refractivity contribution in [2.75, 3.05) is 20.8 Å². The summed E-state index contributed by atoms with van der Waals surface area (Å²) in [4.78, 5) is 21.9. The zero-order valence-electron chi connectivity index (χ0n) is 8.42. The molecular formula is C9H17NO3. The van der Waals surface area contributed by atoms with Crippen LogP contribution in [0.5, 0.6) is 0 Å². The van der Waals surface area contributed by atoms with Gasteiger partial charge in [-0.05, 0) is 13.3 Å². The fourth-order valence-corrected chi connectivity index (χ4v) is 1.04. The molecule has 0 saturated carbocycles. The molecule has 0 fully saturated rings. The number of rotatable bonds is 6. The van der Waals surface area contributed by atoms with Gasteiger partial charge in [-0.2, -0.15) is 0 Å². The van der Waals surface area contributed by atoms with Gasteiger partial charge in [-0.3, -0.25) is 9.59 Å². The number of ether oxygens (including phenoxy) is 1. The third kappa shape index (κ3) is 5.36. The van der Waals surface area contributed by atoms with Crippen LogP contribution >= 0.6 is 0 Å². The smallest absolute Gasteiger partial charge is 0.219 e. The highest BCUT2D eigenvalue weighted by molar-refractivity contribution is 5.80. The van der Waals surface area contributed by atoms with E-state index in [1.165, 1.54) is 6.92 Å². The summed E-state index contributed by atoms with van der Waals surface area (Å²) in [6.07, 6.45) is 0.937. The fraction of sp³-hybridized carbons (Fsp3) is 0.778. The third-order valence-electron chi connectivity index (χ3n) is 1.94. The van der Waals surface area contributed by atoms with E-state index in [-0.39, 0.29) is 17.6 Å². The average molecular weight is 187 g/mol. The highest BCUT2D eigenvalue weighted by Crippen LogP contribution is 2.07. The molecule has 1 N–H and O–H groups in total. The van der Waals surface area contributed by atoms with Crippen LogP contribution in [0.1, 0.15) is 19.8 Å². The predicted molar refractivity (Wildman–Crippen MR) is 49.3 cm³/mol. The molecule has 76 valence electrons. The first-order valence-electron chi connectivity index (χ1n) is 4.31. The molecule has 0 bridgehead atoms. The summed E-state index contributed by atoms with van der Waals surface area (Å²) in [5.74, 6) is -0.115. The van der Waals surface area contributed by atoms with Crippen molar-refractivity contribution in [2.24, 2.45) is 5.92 Å². The van der Waals surface area contributed by atoms with Crippen LogP contribution in [0.3, 0.4) is 0 Å². The van der Waals surface area contributed by atoms with Crippen LogP contribution in [-0.2, 0) is 14.3 Å². The maximum absolute atomic E-state index is 11.0. The van der Waals surface area contributed by atoms with Crippen LogP contribution in [0.25, 0.3) is 0 Å². The second kappa shape index (κ2) is 6.60. The van der Waals surface area contributed by atoms with Gasteiger partial charge < -0.3 is 10.1 Å². The lowest BCUT2D eigenvalue weighted by molar-refractivity contribution is -0.124. The Labute approximate surface area is 78.6 Å². The number of hydrogen-bond acceptors (Lipinski definition) is 3. The summed E-state index contributed by atoms with van der Waals surface area (Å²) >= 11 is 0. The molecule has 4 heteroatoms. The van der Waals surface area contributed by atoms with Gasteiger partial charge in [0.15, 0.2) is 0 Å². The van der Waals surface area contributed by atoms with Crippen molar-refractivity contribution < 1.29 is 14.3 Å². The zero-order valence-corrected chi connectivity index (χ0v) is 8.42. The minimum Gasteiger partial charge on any atom is -0.384 e. The zero-order chi connectivity index (χ0) is 10.3. The Hall–Kier alpha value is -0.900. The van der Waals surface area contributed by atoms with Gasteiger partial charge in [0, 0.05) is 26.5 Å². The van der Waals surface area contributed by atoms with E-state index in [1.807, 2.05) is 0 Å². The second-order valence-corrected chi connectivity index (χ2v) is 2.97. The van der Waals surface area contributed by atoms with Crippen molar-refractivity contribution in [1.82, 2.24) is 5.32 Å². The standard InChI is InChI=1S/C9H17NO3/c1-7(11)8(6-13-3)4-5-9(12)10-2/h8H,4-6H2,1-3H3,(H,10,12). The van der Waals surface area contributed by atoms with E-state index in [9.17, 15) is 9.59 Å². The lowest BCUT2D eigenvalue weighted by atomic mass is 10.00. The Morgan fingerprint density at radius 3 is 2.46 bits per heavy atom. The summed E-state index contributed by atoms with van der Waals surface area (Å²) in [5.41, 5.74) is 0. The average Bonchev–Trinajstić information content (AvgIpc) is 2.11. The molecule has 0 aliphatic carbocycles. The van der Waals surface area contributed by atoms with Crippen molar-refractivity contribution in [2.45, 2.75) is 19.8 Å². The lowest BCUT2D eigenvalue weighted by Gasteiger charge is -2.11. The number of amides is 1. The van der Waals surface area contributed by atoms with Crippen LogP contribution in [0.15, 0.2) is 0 Å². The molecule has 0 spiro atoms. The molecule has 1 amide bonds. The molecule has 0 aromatic rings. The van der Waals surface area contributed by atoms with Crippen molar-refractivity contribution in [3.05, 3.63) is 0 Å². The maximum Gasteiger partial charge on any atom is 0.219 e. The van der Waals surface area contributed by atoms with Crippen molar-refractivity contribution in [3.8, 4) is 0 Å². The summed E-state index contributed by atoms with van der Waals surface area (Å²) in [6.45, 7) is 1.92. The number of carbonyl (C=O) groups excluding carboxylic acids is 2. The van der Waals surface area contributed by atoms with Crippen LogP contribution in [0.2, 0.25) is 0 Å². The first-order chi connectivity index (χ1) is 6.11. The van der Waals surface area contributed by atoms with Gasteiger partial charge in [0.1, 0.15) is 5.78 Å². The Bertz CT molecular complexity index is 180. The molecule has 0 aromatic carbocycles. The molecule has 0 heterocycles. The molecule has 4 nitrogen and oxygen atoms in total. The molecule has 0 aliphatic rings. The lowest BCUT2D eigenvalue weighted by Crippen LogP contribution is -2.22. The van der Waals surface area contributed by atoms with E-state index in [2.05, 4.69) is 5.32 Å². The summed E-state index contributed by atoms with van der Waals surface area (Å²) in [6, 6.07) is 0. The number of Topliss-reactive ketones (excluding diaryl/α,β-unsaturated/α-hetero) is 1. The Kier molecular flexibility index (Phi) is 6.14. The second-order valence-electron chi connectivity index (χ2n) is 2.97. The number of hydrogen-bond donors (Lipinski definition) is 1. The normalized spacial score (nSPS) is 12.2. The fourth-order valence-electron chi connectivity index (χ4n) is 1.04. The predicted octanol–water partition coefficient (Wildman–Crippen LogP) is 0.364. The van der Waals surface area contributed by atoms with E-state index in [1.54, 1.807) is 14.2 Å². The number of methoxy groups -OCH3 is 1. The number of ketones is 1. The molecule has 0 radical (unpaired) electrons. The van der Waals surface area contributed by atoms with Gasteiger partial charge in [0.05, 0.1) is 6.61 Å². The van der Waals surface area contributed by atoms with Crippen LogP contribution in [-0.4, -0.2) is 32.5 Å². The first kappa shape index (κ1) is 12.1. The Balaban J connectivity index is 3.82. The van der Waals surface area contributed by atoms with Gasteiger partial charge >= 0.3 is 0 Å². The van der Waals surface area contributed by atoms with Crippen LogP contribution in [0.4, 0.5) is 0 Å². The maximum atomic E-state index is 11.0. The molecule has 1 unspecified atom stereocenters. The molecule has 0 rings (SSSR count). The van der Waals surface area contributed by atoms with Gasteiger partial charge in [-0.1, -0.05) is 0 Å². The minimum atomic E-state index is -0.151. The van der Waals surface area contributed by atoms with Gasteiger partial charge in [-0.15, -0.1) is 0 Å². The molecular weight excluding hydrogens is 170 g/mol.